The number of hydrogen-bond acceptors (Lipinski definition) is 6. The number of carbonyl (C=O) groups excluding carboxylic acids is 3. The molecule has 0 bridgehead atoms. The highest BCUT2D eigenvalue weighted by molar-refractivity contribution is 6.22. The Hall–Kier alpha value is -3.26. The van der Waals surface area contributed by atoms with Crippen LogP contribution >= 0.6 is 0 Å². The van der Waals surface area contributed by atoms with Crippen LogP contribution in [0.3, 0.4) is 0 Å². The Bertz CT molecular complexity index is 809. The third kappa shape index (κ3) is 3.48. The van der Waals surface area contributed by atoms with Crippen LogP contribution in [-0.2, 0) is 9.59 Å². The SMILES string of the molecule is COc1cccc(N2C(=O)C[C@@H](NNC(=O)c3cccnc3)C2=O)c1. The molecular formula is C17H16N4O4. The van der Waals surface area contributed by atoms with Gasteiger partial charge < -0.3 is 4.74 Å². The van der Waals surface area contributed by atoms with E-state index in [0.29, 0.717) is 17.0 Å². The van der Waals surface area contributed by atoms with Gasteiger partial charge in [-0.1, -0.05) is 6.07 Å². The summed E-state index contributed by atoms with van der Waals surface area (Å²) < 4.78 is 5.11. The highest BCUT2D eigenvalue weighted by Crippen LogP contribution is 2.26. The van der Waals surface area contributed by atoms with Crippen LogP contribution in [-0.4, -0.2) is 35.9 Å². The summed E-state index contributed by atoms with van der Waals surface area (Å²) >= 11 is 0. The van der Waals surface area contributed by atoms with Crippen molar-refractivity contribution >= 4 is 23.4 Å². The average Bonchev–Trinajstić information content (AvgIpc) is 2.94. The van der Waals surface area contributed by atoms with Gasteiger partial charge in [0.2, 0.25) is 5.91 Å². The van der Waals surface area contributed by atoms with E-state index in [9.17, 15) is 14.4 Å². The lowest BCUT2D eigenvalue weighted by Crippen LogP contribution is -2.48. The summed E-state index contributed by atoms with van der Waals surface area (Å²) in [7, 11) is 1.51. The van der Waals surface area contributed by atoms with E-state index in [1.165, 1.54) is 13.3 Å². The molecule has 8 nitrogen and oxygen atoms in total. The molecule has 0 spiro atoms. The van der Waals surface area contributed by atoms with Crippen LogP contribution in [0.25, 0.3) is 0 Å². The standard InChI is InChI=1S/C17H16N4O4/c1-25-13-6-2-5-12(8-13)21-15(22)9-14(17(21)24)19-20-16(23)11-4-3-7-18-10-11/h2-8,10,14,19H,9H2,1H3,(H,20,23)/t14-/m1/s1. The number of amides is 3. The van der Waals surface area contributed by atoms with Crippen LogP contribution < -0.4 is 20.5 Å². The van der Waals surface area contributed by atoms with Crippen molar-refractivity contribution in [2.45, 2.75) is 12.5 Å². The quantitative estimate of drug-likeness (QED) is 0.612. The summed E-state index contributed by atoms with van der Waals surface area (Å²) in [6.45, 7) is 0. The smallest absolute Gasteiger partial charge is 0.266 e. The predicted molar refractivity (Wildman–Crippen MR) is 88.7 cm³/mol. The van der Waals surface area contributed by atoms with Crippen molar-refractivity contribution in [3.8, 4) is 5.75 Å². The van der Waals surface area contributed by atoms with Gasteiger partial charge in [0.1, 0.15) is 11.8 Å². The molecule has 3 rings (SSSR count). The summed E-state index contributed by atoms with van der Waals surface area (Å²) in [6.07, 6.45) is 2.90. The first kappa shape index (κ1) is 16.6. The second kappa shape index (κ2) is 7.10. The van der Waals surface area contributed by atoms with Crippen LogP contribution in [0, 0.1) is 0 Å². The minimum Gasteiger partial charge on any atom is -0.497 e. The van der Waals surface area contributed by atoms with Crippen molar-refractivity contribution in [3.05, 3.63) is 54.4 Å². The first-order valence-corrected chi connectivity index (χ1v) is 7.57. The first-order chi connectivity index (χ1) is 12.1. The van der Waals surface area contributed by atoms with Crippen LogP contribution in [0.1, 0.15) is 16.8 Å². The Balaban J connectivity index is 1.68. The number of pyridine rings is 1. The summed E-state index contributed by atoms with van der Waals surface area (Å²) in [5.74, 6) is -0.691. The fourth-order valence-electron chi connectivity index (χ4n) is 2.49. The molecule has 1 aromatic heterocycles. The van der Waals surface area contributed by atoms with Gasteiger partial charge in [-0.3, -0.25) is 24.8 Å². The minimum atomic E-state index is -0.834. The Morgan fingerprint density at radius 3 is 2.84 bits per heavy atom. The van der Waals surface area contributed by atoms with Gasteiger partial charge in [0, 0.05) is 18.5 Å². The van der Waals surface area contributed by atoms with Gasteiger partial charge in [-0.15, -0.1) is 0 Å². The van der Waals surface area contributed by atoms with Gasteiger partial charge in [-0.25, -0.2) is 10.3 Å². The molecular weight excluding hydrogens is 324 g/mol. The number of nitrogens with one attached hydrogen (secondary N) is 2. The number of rotatable bonds is 5. The third-order valence-corrected chi connectivity index (χ3v) is 3.74. The van der Waals surface area contributed by atoms with E-state index in [4.69, 9.17) is 4.74 Å². The molecule has 2 aromatic rings. The highest BCUT2D eigenvalue weighted by atomic mass is 16.5. The lowest BCUT2D eigenvalue weighted by molar-refractivity contribution is -0.121. The van der Waals surface area contributed by atoms with Gasteiger partial charge in [0.15, 0.2) is 0 Å². The predicted octanol–water partition coefficient (Wildman–Crippen LogP) is 0.657. The van der Waals surface area contributed by atoms with E-state index in [0.717, 1.165) is 4.90 Å². The molecule has 1 fully saturated rings. The van der Waals surface area contributed by atoms with Crippen molar-refractivity contribution < 1.29 is 19.1 Å². The lowest BCUT2D eigenvalue weighted by atomic mass is 10.2. The summed E-state index contributed by atoms with van der Waals surface area (Å²) in [4.78, 5) is 41.6. The molecule has 8 heteroatoms. The van der Waals surface area contributed by atoms with Crippen molar-refractivity contribution in [1.82, 2.24) is 15.8 Å². The molecule has 3 amide bonds. The van der Waals surface area contributed by atoms with Crippen molar-refractivity contribution in [2.24, 2.45) is 0 Å². The molecule has 128 valence electrons. The number of benzene rings is 1. The van der Waals surface area contributed by atoms with E-state index in [1.807, 2.05) is 0 Å². The second-order valence-electron chi connectivity index (χ2n) is 5.37. The Labute approximate surface area is 143 Å². The Kier molecular flexibility index (Phi) is 4.71. The van der Waals surface area contributed by atoms with Gasteiger partial charge >= 0.3 is 0 Å². The second-order valence-corrected chi connectivity index (χ2v) is 5.37. The van der Waals surface area contributed by atoms with E-state index in [2.05, 4.69) is 15.8 Å². The Morgan fingerprint density at radius 2 is 2.12 bits per heavy atom. The summed E-state index contributed by atoms with van der Waals surface area (Å²) in [5, 5.41) is 0. The van der Waals surface area contributed by atoms with Crippen molar-refractivity contribution in [3.63, 3.8) is 0 Å². The highest BCUT2D eigenvalue weighted by Gasteiger charge is 2.39. The molecule has 0 unspecified atom stereocenters. The van der Waals surface area contributed by atoms with E-state index < -0.39 is 17.9 Å². The number of hydrazine groups is 1. The molecule has 1 aromatic carbocycles. The monoisotopic (exact) mass is 340 g/mol. The van der Waals surface area contributed by atoms with Gasteiger partial charge in [0.25, 0.3) is 11.8 Å². The van der Waals surface area contributed by atoms with Gasteiger partial charge in [0.05, 0.1) is 24.8 Å². The van der Waals surface area contributed by atoms with Crippen LogP contribution in [0.5, 0.6) is 5.75 Å². The number of methoxy groups -OCH3 is 1. The van der Waals surface area contributed by atoms with Gasteiger partial charge in [-0.05, 0) is 24.3 Å². The fourth-order valence-corrected chi connectivity index (χ4v) is 2.49. The van der Waals surface area contributed by atoms with Crippen LogP contribution in [0.2, 0.25) is 0 Å². The molecule has 0 aliphatic carbocycles. The molecule has 0 radical (unpaired) electrons. The maximum Gasteiger partial charge on any atom is 0.266 e. The molecule has 1 atom stereocenters. The molecule has 25 heavy (non-hydrogen) atoms. The summed E-state index contributed by atoms with van der Waals surface area (Å²) in [6, 6.07) is 9.05. The molecule has 0 saturated carbocycles. The largest absolute Gasteiger partial charge is 0.497 e. The average molecular weight is 340 g/mol. The molecule has 2 N–H and O–H groups in total. The third-order valence-electron chi connectivity index (χ3n) is 3.74. The number of ether oxygens (including phenoxy) is 1. The van der Waals surface area contributed by atoms with E-state index >= 15 is 0 Å². The molecule has 2 heterocycles. The van der Waals surface area contributed by atoms with Crippen molar-refractivity contribution in [1.29, 1.82) is 0 Å². The number of carbonyl (C=O) groups is 3. The normalized spacial score (nSPS) is 16.8. The maximum atomic E-state index is 12.5. The topological polar surface area (TPSA) is 101 Å². The minimum absolute atomic E-state index is 0.0522. The number of imide groups is 1. The van der Waals surface area contributed by atoms with E-state index in [-0.39, 0.29) is 12.3 Å². The number of anilines is 1. The van der Waals surface area contributed by atoms with Crippen LogP contribution in [0.15, 0.2) is 48.8 Å². The van der Waals surface area contributed by atoms with Crippen LogP contribution in [0.4, 0.5) is 5.69 Å². The fraction of sp³-hybridized carbons (Fsp3) is 0.176. The Morgan fingerprint density at radius 1 is 1.28 bits per heavy atom. The zero-order chi connectivity index (χ0) is 17.8. The van der Waals surface area contributed by atoms with Crippen molar-refractivity contribution in [2.75, 3.05) is 12.0 Å². The van der Waals surface area contributed by atoms with Gasteiger partial charge in [-0.2, -0.15) is 0 Å². The summed E-state index contributed by atoms with van der Waals surface area (Å²) in [5.41, 5.74) is 5.82. The number of hydrogen-bond donors (Lipinski definition) is 2. The first-order valence-electron chi connectivity index (χ1n) is 7.57. The molecule has 1 saturated heterocycles. The molecule has 1 aliphatic rings. The zero-order valence-corrected chi connectivity index (χ0v) is 13.4. The molecule has 1 aliphatic heterocycles. The number of aromatic nitrogens is 1. The zero-order valence-electron chi connectivity index (χ0n) is 13.4. The lowest BCUT2D eigenvalue weighted by Gasteiger charge is -2.16. The van der Waals surface area contributed by atoms with E-state index in [1.54, 1.807) is 42.6 Å². The maximum absolute atomic E-state index is 12.5. The number of nitrogens with zero attached hydrogens (tertiary/aromatic N) is 2.